The van der Waals surface area contributed by atoms with Crippen molar-refractivity contribution in [2.75, 3.05) is 12.9 Å². The van der Waals surface area contributed by atoms with Gasteiger partial charge in [-0.25, -0.2) is 4.68 Å². The first-order valence-corrected chi connectivity index (χ1v) is 6.76. The normalized spacial score (nSPS) is 10.5. The molecule has 19 heavy (non-hydrogen) atoms. The van der Waals surface area contributed by atoms with Crippen molar-refractivity contribution >= 4 is 23.6 Å². The van der Waals surface area contributed by atoms with E-state index in [1.54, 1.807) is 0 Å². The first-order chi connectivity index (χ1) is 9.02. The SMILES string of the molecule is COC(=O)Cn1nnnc1SCCC(=O)NC(C)C. The highest BCUT2D eigenvalue weighted by molar-refractivity contribution is 7.99. The fourth-order valence-corrected chi connectivity index (χ4v) is 2.03. The number of amides is 1. The highest BCUT2D eigenvalue weighted by atomic mass is 32.2. The molecule has 0 bridgehead atoms. The molecule has 9 heteroatoms. The van der Waals surface area contributed by atoms with Crippen LogP contribution >= 0.6 is 11.8 Å². The number of hydrogen-bond acceptors (Lipinski definition) is 7. The summed E-state index contributed by atoms with van der Waals surface area (Å²) in [4.78, 5) is 22.6. The van der Waals surface area contributed by atoms with Gasteiger partial charge in [-0.2, -0.15) is 0 Å². The molecular formula is C10H17N5O3S. The molecule has 0 aliphatic heterocycles. The van der Waals surface area contributed by atoms with Gasteiger partial charge in [-0.05, 0) is 24.3 Å². The topological polar surface area (TPSA) is 99.0 Å². The summed E-state index contributed by atoms with van der Waals surface area (Å²) < 4.78 is 5.88. The number of ether oxygens (including phenoxy) is 1. The van der Waals surface area contributed by atoms with Crippen LogP contribution in [0.2, 0.25) is 0 Å². The van der Waals surface area contributed by atoms with Gasteiger partial charge in [0.1, 0.15) is 6.54 Å². The summed E-state index contributed by atoms with van der Waals surface area (Å²) in [6.07, 6.45) is 0.369. The first kappa shape index (κ1) is 15.4. The summed E-state index contributed by atoms with van der Waals surface area (Å²) in [6, 6.07) is 0.127. The van der Waals surface area contributed by atoms with Crippen molar-refractivity contribution in [3.8, 4) is 0 Å². The molecule has 0 fully saturated rings. The number of carbonyl (C=O) groups excluding carboxylic acids is 2. The van der Waals surface area contributed by atoms with Crippen LogP contribution in [0, 0.1) is 0 Å². The largest absolute Gasteiger partial charge is 0.468 e. The van der Waals surface area contributed by atoms with Gasteiger partial charge in [0.15, 0.2) is 0 Å². The Morgan fingerprint density at radius 3 is 2.84 bits per heavy atom. The second-order valence-corrected chi connectivity index (χ2v) is 5.08. The quantitative estimate of drug-likeness (QED) is 0.550. The highest BCUT2D eigenvalue weighted by Gasteiger charge is 2.12. The molecule has 1 aromatic rings. The molecule has 0 atom stereocenters. The number of rotatable bonds is 7. The highest BCUT2D eigenvalue weighted by Crippen LogP contribution is 2.14. The minimum absolute atomic E-state index is 0.0190. The van der Waals surface area contributed by atoms with Crippen LogP contribution in [0.5, 0.6) is 0 Å². The van der Waals surface area contributed by atoms with E-state index in [4.69, 9.17) is 0 Å². The molecule has 0 radical (unpaired) electrons. The van der Waals surface area contributed by atoms with Crippen LogP contribution in [0.1, 0.15) is 20.3 Å². The average Bonchev–Trinajstić information content (AvgIpc) is 2.75. The van der Waals surface area contributed by atoms with Gasteiger partial charge in [-0.3, -0.25) is 9.59 Å². The molecule has 0 aliphatic carbocycles. The lowest BCUT2D eigenvalue weighted by atomic mass is 10.3. The maximum absolute atomic E-state index is 11.4. The Morgan fingerprint density at radius 1 is 1.47 bits per heavy atom. The van der Waals surface area contributed by atoms with Crippen LogP contribution in [0.3, 0.4) is 0 Å². The van der Waals surface area contributed by atoms with E-state index in [0.29, 0.717) is 17.3 Å². The van der Waals surface area contributed by atoms with Gasteiger partial charge < -0.3 is 10.1 Å². The molecule has 0 spiro atoms. The van der Waals surface area contributed by atoms with Crippen molar-refractivity contribution in [2.24, 2.45) is 0 Å². The second-order valence-electron chi connectivity index (χ2n) is 4.02. The number of tetrazole rings is 1. The number of esters is 1. The molecule has 106 valence electrons. The van der Waals surface area contributed by atoms with E-state index in [0.717, 1.165) is 0 Å². The third-order valence-corrected chi connectivity index (χ3v) is 2.97. The average molecular weight is 287 g/mol. The van der Waals surface area contributed by atoms with Crippen LogP contribution in [0.15, 0.2) is 5.16 Å². The van der Waals surface area contributed by atoms with Crippen LogP contribution < -0.4 is 5.32 Å². The summed E-state index contributed by atoms with van der Waals surface area (Å²) in [5, 5.41) is 14.2. The van der Waals surface area contributed by atoms with Gasteiger partial charge in [-0.1, -0.05) is 11.8 Å². The Hall–Kier alpha value is -1.64. The zero-order chi connectivity index (χ0) is 14.3. The molecule has 1 heterocycles. The zero-order valence-corrected chi connectivity index (χ0v) is 11.9. The number of hydrogen-bond donors (Lipinski definition) is 1. The van der Waals surface area contributed by atoms with Gasteiger partial charge in [0.05, 0.1) is 7.11 Å². The van der Waals surface area contributed by atoms with Crippen LogP contribution in [0.25, 0.3) is 0 Å². The minimum Gasteiger partial charge on any atom is -0.468 e. The second kappa shape index (κ2) is 7.72. The Kier molecular flexibility index (Phi) is 6.26. The molecule has 0 aromatic carbocycles. The number of nitrogens with zero attached hydrogens (tertiary/aromatic N) is 4. The van der Waals surface area contributed by atoms with Gasteiger partial charge in [0, 0.05) is 18.2 Å². The van der Waals surface area contributed by atoms with Crippen LogP contribution in [-0.2, 0) is 20.9 Å². The van der Waals surface area contributed by atoms with Gasteiger partial charge in [0.25, 0.3) is 0 Å². The van der Waals surface area contributed by atoms with Gasteiger partial charge >= 0.3 is 5.97 Å². The molecule has 1 rings (SSSR count). The Labute approximate surface area is 115 Å². The molecule has 0 saturated heterocycles. The first-order valence-electron chi connectivity index (χ1n) is 5.78. The minimum atomic E-state index is -0.424. The molecule has 8 nitrogen and oxygen atoms in total. The smallest absolute Gasteiger partial charge is 0.327 e. The number of aromatic nitrogens is 4. The van der Waals surface area contributed by atoms with Crippen molar-refractivity contribution in [1.29, 1.82) is 0 Å². The monoisotopic (exact) mass is 287 g/mol. The standard InChI is InChI=1S/C10H17N5O3S/c1-7(2)11-8(16)4-5-19-10-12-13-14-15(10)6-9(17)18-3/h7H,4-6H2,1-3H3,(H,11,16). The zero-order valence-electron chi connectivity index (χ0n) is 11.1. The lowest BCUT2D eigenvalue weighted by Crippen LogP contribution is -2.30. The molecule has 0 aliphatic rings. The number of carbonyl (C=O) groups is 2. The summed E-state index contributed by atoms with van der Waals surface area (Å²) in [5.74, 6) is 0.0984. The molecule has 1 aromatic heterocycles. The molecule has 1 amide bonds. The van der Waals surface area contributed by atoms with Crippen molar-refractivity contribution < 1.29 is 14.3 Å². The van der Waals surface area contributed by atoms with Crippen LogP contribution in [0.4, 0.5) is 0 Å². The fraction of sp³-hybridized carbons (Fsp3) is 0.700. The van der Waals surface area contributed by atoms with E-state index < -0.39 is 5.97 Å². The Morgan fingerprint density at radius 2 is 2.21 bits per heavy atom. The maximum Gasteiger partial charge on any atom is 0.327 e. The third-order valence-electron chi connectivity index (χ3n) is 2.02. The fourth-order valence-electron chi connectivity index (χ4n) is 1.22. The molecule has 0 saturated carbocycles. The number of thioether (sulfide) groups is 1. The summed E-state index contributed by atoms with van der Waals surface area (Å²) in [5.41, 5.74) is 0. The Balaban J connectivity index is 2.39. The van der Waals surface area contributed by atoms with E-state index in [9.17, 15) is 9.59 Å². The number of methoxy groups -OCH3 is 1. The lowest BCUT2D eigenvalue weighted by Gasteiger charge is -2.07. The molecule has 0 unspecified atom stereocenters. The van der Waals surface area contributed by atoms with Gasteiger partial charge in [-0.15, -0.1) is 5.10 Å². The third kappa shape index (κ3) is 5.69. The summed E-state index contributed by atoms with van der Waals surface area (Å²) >= 11 is 1.32. The van der Waals surface area contributed by atoms with E-state index >= 15 is 0 Å². The molecule has 1 N–H and O–H groups in total. The van der Waals surface area contributed by atoms with Crippen molar-refractivity contribution in [3.63, 3.8) is 0 Å². The lowest BCUT2D eigenvalue weighted by molar-refractivity contribution is -0.141. The van der Waals surface area contributed by atoms with Crippen molar-refractivity contribution in [1.82, 2.24) is 25.5 Å². The van der Waals surface area contributed by atoms with E-state index in [-0.39, 0.29) is 18.5 Å². The van der Waals surface area contributed by atoms with Crippen molar-refractivity contribution in [3.05, 3.63) is 0 Å². The predicted octanol–water partition coefficient (Wildman–Crippen LogP) is -0.147. The van der Waals surface area contributed by atoms with Crippen LogP contribution in [-0.4, -0.2) is 51.0 Å². The number of nitrogens with one attached hydrogen (secondary N) is 1. The summed E-state index contributed by atoms with van der Waals surface area (Å²) in [6.45, 7) is 3.77. The summed E-state index contributed by atoms with van der Waals surface area (Å²) in [7, 11) is 1.30. The van der Waals surface area contributed by atoms with Gasteiger partial charge in [0.2, 0.25) is 11.1 Å². The Bertz CT molecular complexity index is 435. The maximum atomic E-state index is 11.4. The predicted molar refractivity (Wildman–Crippen MR) is 68.5 cm³/mol. The molecular weight excluding hydrogens is 270 g/mol. The van der Waals surface area contributed by atoms with E-state index in [2.05, 4.69) is 25.6 Å². The van der Waals surface area contributed by atoms with E-state index in [1.807, 2.05) is 13.8 Å². The van der Waals surface area contributed by atoms with E-state index in [1.165, 1.54) is 23.6 Å². The van der Waals surface area contributed by atoms with Crippen molar-refractivity contribution in [2.45, 2.75) is 38.0 Å².